The molecule has 5 aromatic carbocycles. The Kier molecular flexibility index (Phi) is 5.09. The van der Waals surface area contributed by atoms with E-state index in [-0.39, 0.29) is 11.0 Å². The van der Waals surface area contributed by atoms with Crippen LogP contribution in [0.3, 0.4) is 0 Å². The van der Waals surface area contributed by atoms with Crippen LogP contribution < -0.4 is 9.47 Å². The van der Waals surface area contributed by atoms with Gasteiger partial charge >= 0.3 is 0 Å². The molecule has 0 saturated heterocycles. The third-order valence-corrected chi connectivity index (χ3v) is 9.98. The lowest BCUT2D eigenvalue weighted by Crippen LogP contribution is -2.54. The van der Waals surface area contributed by atoms with E-state index in [4.69, 9.17) is 0 Å². The first-order chi connectivity index (χ1) is 20.2. The zero-order valence-electron chi connectivity index (χ0n) is 23.6. The van der Waals surface area contributed by atoms with Crippen LogP contribution >= 0.6 is 0 Å². The second kappa shape index (κ2) is 8.65. The van der Waals surface area contributed by atoms with Gasteiger partial charge in [-0.15, -0.1) is 0 Å². The minimum absolute atomic E-state index is 0.0294. The number of anilines is 3. The van der Waals surface area contributed by atoms with Gasteiger partial charge in [-0.1, -0.05) is 99.3 Å². The topological polar surface area (TPSA) is 7.12 Å². The molecular formula is C39H33N2+. The van der Waals surface area contributed by atoms with E-state index in [1.165, 1.54) is 55.3 Å². The fourth-order valence-corrected chi connectivity index (χ4v) is 8.16. The molecule has 2 nitrogen and oxygen atoms in total. The Morgan fingerprint density at radius 1 is 0.659 bits per heavy atom. The Hall–Kier alpha value is -4.69. The molecule has 1 aliphatic carbocycles. The summed E-state index contributed by atoms with van der Waals surface area (Å²) in [5.74, 6) is 0. The molecule has 0 N–H and O–H groups in total. The first-order valence-electron chi connectivity index (χ1n) is 14.8. The smallest absolute Gasteiger partial charge is 0.213 e. The van der Waals surface area contributed by atoms with Crippen molar-refractivity contribution in [3.63, 3.8) is 0 Å². The van der Waals surface area contributed by atoms with Gasteiger partial charge in [-0.3, -0.25) is 0 Å². The molecule has 0 amide bonds. The van der Waals surface area contributed by atoms with Crippen LogP contribution in [0.15, 0.2) is 140 Å². The van der Waals surface area contributed by atoms with Crippen LogP contribution in [-0.2, 0) is 11.0 Å². The second-order valence-corrected chi connectivity index (χ2v) is 11.5. The largest absolute Gasteiger partial charge is 0.309 e. The van der Waals surface area contributed by atoms with Crippen molar-refractivity contribution in [2.24, 2.45) is 0 Å². The van der Waals surface area contributed by atoms with Crippen LogP contribution in [0.2, 0.25) is 0 Å². The highest BCUT2D eigenvalue weighted by molar-refractivity contribution is 6.05. The van der Waals surface area contributed by atoms with Crippen LogP contribution in [0, 0.1) is 0 Å². The summed E-state index contributed by atoms with van der Waals surface area (Å²) >= 11 is 0. The lowest BCUT2D eigenvalue weighted by Gasteiger charge is -2.31. The predicted molar refractivity (Wildman–Crippen MR) is 171 cm³/mol. The highest BCUT2D eigenvalue weighted by Crippen LogP contribution is 2.71. The average molecular weight is 530 g/mol. The van der Waals surface area contributed by atoms with Crippen molar-refractivity contribution in [1.82, 2.24) is 0 Å². The third kappa shape index (κ3) is 3.00. The number of fused-ring (bicyclic) bond motifs is 8. The molecule has 2 aliphatic rings. The fourth-order valence-electron chi connectivity index (χ4n) is 8.16. The Morgan fingerprint density at radius 2 is 1.27 bits per heavy atom. The number of allylic oxidation sites excluding steroid dienone is 1. The van der Waals surface area contributed by atoms with Crippen molar-refractivity contribution in [3.05, 3.63) is 145 Å². The standard InChI is InChI=1S/C39H33N2/c1-4-38-27(3)39(38,5-2)40-25-11-10-20-35(40)33-26-30(23-24-34(33)38)41(36-21-12-16-28-14-6-8-18-31(28)36)37-22-13-17-29-15-7-9-19-32(29)37/h6-26H,3-5H2,1-2H3/q+1. The van der Waals surface area contributed by atoms with E-state index >= 15 is 0 Å². The molecule has 1 saturated carbocycles. The van der Waals surface area contributed by atoms with Crippen molar-refractivity contribution >= 4 is 38.6 Å². The first-order valence-corrected chi connectivity index (χ1v) is 14.8. The average Bonchev–Trinajstić information content (AvgIpc) is 3.60. The highest BCUT2D eigenvalue weighted by atomic mass is 15.2. The summed E-state index contributed by atoms with van der Waals surface area (Å²) < 4.78 is 2.52. The summed E-state index contributed by atoms with van der Waals surface area (Å²) in [6.45, 7) is 9.33. The van der Waals surface area contributed by atoms with Gasteiger partial charge in [0.15, 0.2) is 6.20 Å². The number of hydrogen-bond acceptors (Lipinski definition) is 1. The minimum atomic E-state index is -0.0438. The third-order valence-electron chi connectivity index (χ3n) is 9.98. The zero-order chi connectivity index (χ0) is 27.8. The van der Waals surface area contributed by atoms with E-state index in [0.717, 1.165) is 18.5 Å². The minimum Gasteiger partial charge on any atom is -0.309 e. The second-order valence-electron chi connectivity index (χ2n) is 11.5. The summed E-state index contributed by atoms with van der Waals surface area (Å²) in [4.78, 5) is 2.46. The van der Waals surface area contributed by atoms with Gasteiger partial charge in [0.05, 0.1) is 22.4 Å². The molecule has 198 valence electrons. The van der Waals surface area contributed by atoms with E-state index in [0.29, 0.717) is 0 Å². The van der Waals surface area contributed by atoms with Crippen molar-refractivity contribution in [2.45, 2.75) is 37.6 Å². The number of benzene rings is 5. The van der Waals surface area contributed by atoms with Crippen LogP contribution in [-0.4, -0.2) is 0 Å². The SMILES string of the molecule is C=C1C2(CC)c3ccc(N(c4cccc5ccccc45)c4cccc5ccccc45)cc3-c3cccc[n+]3C12CC. The van der Waals surface area contributed by atoms with Gasteiger partial charge in [-0.2, -0.15) is 4.57 Å². The number of hydrogen-bond donors (Lipinski definition) is 0. The number of pyridine rings is 1. The maximum Gasteiger partial charge on any atom is 0.213 e. The van der Waals surface area contributed by atoms with Gasteiger partial charge in [-0.05, 0) is 53.1 Å². The number of rotatable bonds is 5. The molecule has 2 heterocycles. The molecule has 0 bridgehead atoms. The monoisotopic (exact) mass is 529 g/mol. The van der Waals surface area contributed by atoms with E-state index in [2.05, 4.69) is 157 Å². The molecule has 1 aliphatic heterocycles. The summed E-state index contributed by atoms with van der Waals surface area (Å²) in [5, 5.41) is 4.95. The van der Waals surface area contributed by atoms with Gasteiger partial charge in [0.1, 0.15) is 0 Å². The molecule has 8 rings (SSSR count). The van der Waals surface area contributed by atoms with Crippen LogP contribution in [0.1, 0.15) is 32.3 Å². The Bertz CT molecular complexity index is 1930. The quantitative estimate of drug-likeness (QED) is 0.159. The predicted octanol–water partition coefficient (Wildman–Crippen LogP) is 9.75. The first kappa shape index (κ1) is 24.1. The summed E-state index contributed by atoms with van der Waals surface area (Å²) in [7, 11) is 0. The Morgan fingerprint density at radius 3 is 1.90 bits per heavy atom. The molecule has 1 aromatic heterocycles. The van der Waals surface area contributed by atoms with Crippen molar-refractivity contribution < 1.29 is 4.57 Å². The molecule has 0 radical (unpaired) electrons. The maximum atomic E-state index is 4.68. The summed E-state index contributed by atoms with van der Waals surface area (Å²) in [6, 6.07) is 44.4. The molecule has 2 atom stereocenters. The lowest BCUT2D eigenvalue weighted by molar-refractivity contribution is -0.731. The normalized spacial score (nSPS) is 20.4. The molecule has 2 heteroatoms. The number of aromatic nitrogens is 1. The Balaban J connectivity index is 1.43. The molecular weight excluding hydrogens is 496 g/mol. The summed E-state index contributed by atoms with van der Waals surface area (Å²) in [5.41, 5.74) is 8.78. The van der Waals surface area contributed by atoms with Gasteiger partial charge in [0.2, 0.25) is 11.2 Å². The fraction of sp³-hybridized carbons (Fsp3) is 0.154. The molecule has 6 aromatic rings. The van der Waals surface area contributed by atoms with Gasteiger partial charge < -0.3 is 4.90 Å². The van der Waals surface area contributed by atoms with E-state index < -0.39 is 0 Å². The zero-order valence-corrected chi connectivity index (χ0v) is 23.6. The van der Waals surface area contributed by atoms with E-state index in [1.54, 1.807) is 0 Å². The van der Waals surface area contributed by atoms with E-state index in [1.807, 2.05) is 0 Å². The van der Waals surface area contributed by atoms with E-state index in [9.17, 15) is 0 Å². The van der Waals surface area contributed by atoms with Gasteiger partial charge in [-0.25, -0.2) is 0 Å². The number of nitrogens with zero attached hydrogens (tertiary/aromatic N) is 2. The van der Waals surface area contributed by atoms with Crippen LogP contribution in [0.25, 0.3) is 32.8 Å². The molecule has 2 unspecified atom stereocenters. The maximum absolute atomic E-state index is 4.68. The molecule has 0 spiro atoms. The van der Waals surface area contributed by atoms with Crippen molar-refractivity contribution in [2.75, 3.05) is 4.90 Å². The van der Waals surface area contributed by atoms with Crippen molar-refractivity contribution in [3.8, 4) is 11.3 Å². The van der Waals surface area contributed by atoms with Gasteiger partial charge in [0.25, 0.3) is 0 Å². The lowest BCUT2D eigenvalue weighted by atomic mass is 9.79. The molecule has 41 heavy (non-hydrogen) atoms. The highest BCUT2D eigenvalue weighted by Gasteiger charge is 2.80. The Labute approximate surface area is 241 Å². The van der Waals surface area contributed by atoms with Crippen molar-refractivity contribution in [1.29, 1.82) is 0 Å². The summed E-state index contributed by atoms with van der Waals surface area (Å²) in [6.07, 6.45) is 4.36. The molecule has 1 fully saturated rings. The van der Waals surface area contributed by atoms with Crippen LogP contribution in [0.4, 0.5) is 17.1 Å². The van der Waals surface area contributed by atoms with Gasteiger partial charge in [0, 0.05) is 40.6 Å². The van der Waals surface area contributed by atoms with Crippen LogP contribution in [0.5, 0.6) is 0 Å².